The number of halogens is 2. The molecule has 0 aliphatic rings. The lowest BCUT2D eigenvalue weighted by Crippen LogP contribution is -2.39. The molecule has 0 fully saturated rings. The van der Waals surface area contributed by atoms with Crippen LogP contribution in [0.15, 0.2) is 77.7 Å². The standard InChI is InChI=1S/C18H30O3S.C15H16Cl2N/c1-2-3-4-5-6-7-8-9-10-11-12-17-13-15-18(16-14-17)22(19,20)21;1-18(2,14-6-4-3-5-7-14)11-12-8-9-13(16)10-15(12)17/h13-16H,2-12H2,1H3,(H,19,20,21);3-10H,11H2,1-2H3/q;+1/p-1. The Kier molecular flexibility index (Phi) is 15.3. The first kappa shape index (κ1) is 34.3. The molecule has 0 saturated heterocycles. The summed E-state index contributed by atoms with van der Waals surface area (Å²) in [6, 6.07) is 22.4. The highest BCUT2D eigenvalue weighted by molar-refractivity contribution is 7.85. The van der Waals surface area contributed by atoms with Gasteiger partial charge >= 0.3 is 0 Å². The molecule has 40 heavy (non-hydrogen) atoms. The van der Waals surface area contributed by atoms with Crippen molar-refractivity contribution in [3.63, 3.8) is 0 Å². The maximum absolute atomic E-state index is 10.8. The summed E-state index contributed by atoms with van der Waals surface area (Å²) in [6.07, 6.45) is 14.0. The van der Waals surface area contributed by atoms with E-state index < -0.39 is 10.1 Å². The zero-order chi connectivity index (χ0) is 29.4. The molecule has 0 saturated carbocycles. The van der Waals surface area contributed by atoms with Crippen LogP contribution in [-0.2, 0) is 23.1 Å². The summed E-state index contributed by atoms with van der Waals surface area (Å²) in [5.41, 5.74) is 3.46. The molecule has 0 aromatic heterocycles. The van der Waals surface area contributed by atoms with Crippen molar-refractivity contribution < 1.29 is 13.0 Å². The molecule has 7 heteroatoms. The molecule has 3 rings (SSSR count). The first-order valence-electron chi connectivity index (χ1n) is 14.4. The second-order valence-corrected chi connectivity index (χ2v) is 13.2. The third kappa shape index (κ3) is 13.2. The smallest absolute Gasteiger partial charge is 0.132 e. The van der Waals surface area contributed by atoms with Crippen LogP contribution in [0.25, 0.3) is 0 Å². The molecule has 0 unspecified atom stereocenters. The van der Waals surface area contributed by atoms with Gasteiger partial charge in [-0.3, -0.25) is 4.48 Å². The SMILES string of the molecule is CCCCCCCCCCCCc1ccc(S(=O)(=O)[O-])cc1.C[N+](C)(Cc1ccc(Cl)cc1Cl)c1ccccc1. The van der Waals surface area contributed by atoms with E-state index in [1.165, 1.54) is 75.6 Å². The van der Waals surface area contributed by atoms with E-state index >= 15 is 0 Å². The Morgan fingerprint density at radius 2 is 1.27 bits per heavy atom. The van der Waals surface area contributed by atoms with Crippen molar-refractivity contribution in [2.45, 2.75) is 89.0 Å². The van der Waals surface area contributed by atoms with E-state index in [1.54, 1.807) is 18.2 Å². The molecule has 0 aliphatic carbocycles. The largest absolute Gasteiger partial charge is 0.744 e. The summed E-state index contributed by atoms with van der Waals surface area (Å²) < 4.78 is 33.2. The molecule has 0 radical (unpaired) electrons. The maximum Gasteiger partial charge on any atom is 0.132 e. The van der Waals surface area contributed by atoms with Gasteiger partial charge in [0.15, 0.2) is 0 Å². The lowest BCUT2D eigenvalue weighted by molar-refractivity contribution is 0.392. The summed E-state index contributed by atoms with van der Waals surface area (Å²) in [5.74, 6) is 0. The highest BCUT2D eigenvalue weighted by Crippen LogP contribution is 2.27. The molecule has 220 valence electrons. The molecule has 0 N–H and O–H groups in total. The van der Waals surface area contributed by atoms with E-state index in [4.69, 9.17) is 23.2 Å². The second kappa shape index (κ2) is 17.8. The minimum absolute atomic E-state index is 0.140. The highest BCUT2D eigenvalue weighted by atomic mass is 35.5. The van der Waals surface area contributed by atoms with Gasteiger partial charge in [-0.05, 0) is 54.8 Å². The van der Waals surface area contributed by atoms with Crippen LogP contribution in [0.2, 0.25) is 10.0 Å². The number of nitrogens with zero attached hydrogens (tertiary/aromatic N) is 1. The van der Waals surface area contributed by atoms with Gasteiger partial charge in [0.2, 0.25) is 0 Å². The van der Waals surface area contributed by atoms with Gasteiger partial charge in [0.05, 0.1) is 24.0 Å². The molecule has 3 aromatic rings. The van der Waals surface area contributed by atoms with Crippen molar-refractivity contribution in [3.05, 3.63) is 94.0 Å². The Morgan fingerprint density at radius 3 is 1.80 bits per heavy atom. The lowest BCUT2D eigenvalue weighted by Gasteiger charge is -2.29. The summed E-state index contributed by atoms with van der Waals surface area (Å²) in [4.78, 5) is -0.140. The van der Waals surface area contributed by atoms with Crippen molar-refractivity contribution >= 4 is 39.0 Å². The van der Waals surface area contributed by atoms with Gasteiger partial charge in [0, 0.05) is 10.6 Å². The van der Waals surface area contributed by atoms with Gasteiger partial charge < -0.3 is 4.55 Å². The fraction of sp³-hybridized carbons (Fsp3) is 0.455. The summed E-state index contributed by atoms with van der Waals surface area (Å²) in [6.45, 7) is 3.08. The summed E-state index contributed by atoms with van der Waals surface area (Å²) in [5, 5.41) is 1.40. The summed E-state index contributed by atoms with van der Waals surface area (Å²) >= 11 is 12.1. The molecule has 0 heterocycles. The minimum Gasteiger partial charge on any atom is -0.744 e. The third-order valence-electron chi connectivity index (χ3n) is 7.07. The molecule has 0 bridgehead atoms. The Hall–Kier alpha value is -1.89. The summed E-state index contributed by atoms with van der Waals surface area (Å²) in [7, 11) is 0.0202. The van der Waals surface area contributed by atoms with Gasteiger partial charge in [0.25, 0.3) is 0 Å². The average Bonchev–Trinajstić information content (AvgIpc) is 2.92. The predicted molar refractivity (Wildman–Crippen MR) is 170 cm³/mol. The van der Waals surface area contributed by atoms with Crippen LogP contribution < -0.4 is 4.48 Å². The van der Waals surface area contributed by atoms with E-state index in [-0.39, 0.29) is 4.90 Å². The normalized spacial score (nSPS) is 11.7. The fourth-order valence-corrected chi connectivity index (χ4v) is 5.58. The monoisotopic (exact) mass is 605 g/mol. The van der Waals surface area contributed by atoms with Gasteiger partial charge in [0.1, 0.15) is 22.4 Å². The van der Waals surface area contributed by atoms with E-state index in [1.807, 2.05) is 18.2 Å². The van der Waals surface area contributed by atoms with E-state index in [2.05, 4.69) is 45.3 Å². The van der Waals surface area contributed by atoms with Crippen LogP contribution in [0, 0.1) is 0 Å². The molecular weight excluding hydrogens is 561 g/mol. The number of hydrogen-bond donors (Lipinski definition) is 0. The zero-order valence-electron chi connectivity index (χ0n) is 24.2. The van der Waals surface area contributed by atoms with Crippen LogP contribution in [-0.4, -0.2) is 27.1 Å². The van der Waals surface area contributed by atoms with Gasteiger partial charge in [-0.1, -0.05) is 124 Å². The fourth-order valence-electron chi connectivity index (χ4n) is 4.64. The molecule has 0 spiro atoms. The minimum atomic E-state index is -4.31. The van der Waals surface area contributed by atoms with E-state index in [0.29, 0.717) is 5.02 Å². The van der Waals surface area contributed by atoms with Crippen LogP contribution in [0.4, 0.5) is 5.69 Å². The van der Waals surface area contributed by atoms with Crippen molar-refractivity contribution in [1.29, 1.82) is 0 Å². The Labute approximate surface area is 252 Å². The number of benzene rings is 3. The molecule has 0 amide bonds. The number of quaternary nitrogens is 1. The molecule has 3 aromatic carbocycles. The Morgan fingerprint density at radius 1 is 0.725 bits per heavy atom. The van der Waals surface area contributed by atoms with Gasteiger partial charge in [-0.15, -0.1) is 0 Å². The zero-order valence-corrected chi connectivity index (χ0v) is 26.6. The number of rotatable bonds is 15. The molecular formula is C33H45Cl2NO3S. The highest BCUT2D eigenvalue weighted by Gasteiger charge is 2.20. The quantitative estimate of drug-likeness (QED) is 0.0983. The first-order valence-corrected chi connectivity index (χ1v) is 16.6. The maximum atomic E-state index is 10.8. The van der Waals surface area contributed by atoms with Crippen LogP contribution >= 0.6 is 23.2 Å². The second-order valence-electron chi connectivity index (χ2n) is 10.9. The van der Waals surface area contributed by atoms with Gasteiger partial charge in [-0.2, -0.15) is 0 Å². The van der Waals surface area contributed by atoms with Gasteiger partial charge in [-0.25, -0.2) is 8.42 Å². The van der Waals surface area contributed by atoms with Crippen LogP contribution in [0.1, 0.15) is 82.3 Å². The topological polar surface area (TPSA) is 57.2 Å². The first-order chi connectivity index (χ1) is 19.0. The van der Waals surface area contributed by atoms with E-state index in [9.17, 15) is 13.0 Å². The predicted octanol–water partition coefficient (Wildman–Crippen LogP) is 9.81. The van der Waals surface area contributed by atoms with Crippen molar-refractivity contribution in [3.8, 4) is 0 Å². The van der Waals surface area contributed by atoms with Crippen molar-refractivity contribution in [2.75, 3.05) is 14.1 Å². The lowest BCUT2D eigenvalue weighted by atomic mass is 10.0. The number of aryl methyl sites for hydroxylation is 1. The van der Waals surface area contributed by atoms with Crippen molar-refractivity contribution in [2.24, 2.45) is 0 Å². The molecule has 0 atom stereocenters. The third-order valence-corrected chi connectivity index (χ3v) is 8.50. The average molecular weight is 607 g/mol. The van der Waals surface area contributed by atoms with Crippen LogP contribution in [0.5, 0.6) is 0 Å². The van der Waals surface area contributed by atoms with E-state index in [0.717, 1.165) is 40.0 Å². The Bertz CT molecular complexity index is 1230. The number of para-hydroxylation sites is 1. The van der Waals surface area contributed by atoms with Crippen LogP contribution in [0.3, 0.4) is 0 Å². The molecule has 4 nitrogen and oxygen atoms in total. The Balaban J connectivity index is 0.000000285. The molecule has 0 aliphatic heterocycles. The number of unbranched alkanes of at least 4 members (excludes halogenated alkanes) is 9. The number of hydrogen-bond acceptors (Lipinski definition) is 3. The van der Waals surface area contributed by atoms with Crippen molar-refractivity contribution in [1.82, 2.24) is 4.48 Å².